The Balaban J connectivity index is 2.12. The first-order chi connectivity index (χ1) is 10.1. The van der Waals surface area contributed by atoms with Gasteiger partial charge in [-0.05, 0) is 55.0 Å². The molecule has 21 heavy (non-hydrogen) atoms. The summed E-state index contributed by atoms with van der Waals surface area (Å²) in [6.07, 6.45) is 0. The molecule has 3 N–H and O–H groups in total. The minimum Gasteiger partial charge on any atom is -0.322 e. The van der Waals surface area contributed by atoms with Gasteiger partial charge in [0, 0.05) is 21.8 Å². The van der Waals surface area contributed by atoms with Gasteiger partial charge in [-0.2, -0.15) is 0 Å². The van der Waals surface area contributed by atoms with Crippen molar-refractivity contribution in [2.24, 2.45) is 5.73 Å². The number of benzene rings is 2. The third-order valence-corrected chi connectivity index (χ3v) is 3.00. The summed E-state index contributed by atoms with van der Waals surface area (Å²) in [6.45, 7) is 2.22. The Bertz CT molecular complexity index is 692. The molecule has 0 aliphatic carbocycles. The predicted molar refractivity (Wildman–Crippen MR) is 86.5 cm³/mol. The Morgan fingerprint density at radius 1 is 1.24 bits per heavy atom. The van der Waals surface area contributed by atoms with E-state index in [1.165, 1.54) is 0 Å². The first-order valence-corrected chi connectivity index (χ1v) is 6.84. The quantitative estimate of drug-likeness (QED) is 0.837. The molecule has 2 aromatic rings. The zero-order valence-electron chi connectivity index (χ0n) is 11.6. The van der Waals surface area contributed by atoms with E-state index in [2.05, 4.69) is 17.2 Å². The van der Waals surface area contributed by atoms with Crippen LogP contribution in [0.15, 0.2) is 42.5 Å². The van der Waals surface area contributed by atoms with Crippen LogP contribution in [0.5, 0.6) is 0 Å². The van der Waals surface area contributed by atoms with Crippen molar-refractivity contribution in [3.63, 3.8) is 0 Å². The minimum atomic E-state index is -0.193. The normalized spacial score (nSPS) is 9.67. The maximum atomic E-state index is 12.2. The van der Waals surface area contributed by atoms with E-state index in [0.717, 1.165) is 11.1 Å². The first-order valence-electron chi connectivity index (χ1n) is 6.46. The van der Waals surface area contributed by atoms with Crippen molar-refractivity contribution in [3.05, 3.63) is 64.2 Å². The number of nitrogens with one attached hydrogen (secondary N) is 1. The molecule has 0 heterocycles. The fourth-order valence-electron chi connectivity index (χ4n) is 1.86. The topological polar surface area (TPSA) is 55.1 Å². The van der Waals surface area contributed by atoms with Crippen LogP contribution in [0.25, 0.3) is 0 Å². The molecular formula is C17H15ClN2O. The number of nitrogens with two attached hydrogens (primary N) is 1. The van der Waals surface area contributed by atoms with Crippen molar-refractivity contribution in [1.29, 1.82) is 0 Å². The van der Waals surface area contributed by atoms with Gasteiger partial charge in [0.15, 0.2) is 0 Å². The van der Waals surface area contributed by atoms with Crippen LogP contribution in [0.1, 0.15) is 21.5 Å². The average Bonchev–Trinajstić information content (AvgIpc) is 2.45. The summed E-state index contributed by atoms with van der Waals surface area (Å²) in [5, 5.41) is 3.37. The van der Waals surface area contributed by atoms with E-state index in [0.29, 0.717) is 22.8 Å². The van der Waals surface area contributed by atoms with E-state index in [4.69, 9.17) is 17.3 Å². The van der Waals surface area contributed by atoms with E-state index >= 15 is 0 Å². The van der Waals surface area contributed by atoms with Gasteiger partial charge >= 0.3 is 0 Å². The lowest BCUT2D eigenvalue weighted by Crippen LogP contribution is -2.12. The molecule has 0 atom stereocenters. The lowest BCUT2D eigenvalue weighted by Gasteiger charge is -2.06. The summed E-state index contributed by atoms with van der Waals surface area (Å²) in [5.74, 6) is 5.51. The smallest absolute Gasteiger partial charge is 0.255 e. The lowest BCUT2D eigenvalue weighted by atomic mass is 10.1. The second-order valence-corrected chi connectivity index (χ2v) is 4.99. The van der Waals surface area contributed by atoms with Crippen molar-refractivity contribution < 1.29 is 4.79 Å². The minimum absolute atomic E-state index is 0.193. The molecule has 0 aromatic heterocycles. The number of amides is 1. The third kappa shape index (κ3) is 4.35. The molecule has 0 aliphatic rings. The summed E-state index contributed by atoms with van der Waals surface area (Å²) in [4.78, 5) is 12.2. The van der Waals surface area contributed by atoms with Gasteiger partial charge in [-0.15, -0.1) is 0 Å². The van der Waals surface area contributed by atoms with Crippen molar-refractivity contribution in [3.8, 4) is 11.8 Å². The molecule has 0 saturated heterocycles. The molecule has 0 unspecified atom stereocenters. The zero-order chi connectivity index (χ0) is 15.2. The molecule has 0 aliphatic heterocycles. The Morgan fingerprint density at radius 3 is 2.57 bits per heavy atom. The maximum Gasteiger partial charge on any atom is 0.255 e. The summed E-state index contributed by atoms with van der Waals surface area (Å²) in [7, 11) is 0. The van der Waals surface area contributed by atoms with Gasteiger partial charge in [-0.1, -0.05) is 23.4 Å². The van der Waals surface area contributed by atoms with Crippen LogP contribution < -0.4 is 11.1 Å². The number of carbonyl (C=O) groups is 1. The fourth-order valence-corrected chi connectivity index (χ4v) is 2.15. The number of hydrogen-bond acceptors (Lipinski definition) is 2. The molecule has 0 fully saturated rings. The SMILES string of the molecule is Cc1cc(Cl)cc(C(=O)Nc2ccc(C#CCN)cc2)c1. The molecule has 4 heteroatoms. The van der Waals surface area contributed by atoms with E-state index in [1.807, 2.05) is 25.1 Å². The number of anilines is 1. The van der Waals surface area contributed by atoms with Crippen molar-refractivity contribution in [2.45, 2.75) is 6.92 Å². The maximum absolute atomic E-state index is 12.2. The highest BCUT2D eigenvalue weighted by molar-refractivity contribution is 6.31. The molecule has 0 saturated carbocycles. The summed E-state index contributed by atoms with van der Waals surface area (Å²) in [6, 6.07) is 12.5. The van der Waals surface area contributed by atoms with Crippen molar-refractivity contribution in [1.82, 2.24) is 0 Å². The van der Waals surface area contributed by atoms with Gasteiger partial charge in [-0.3, -0.25) is 4.79 Å². The highest BCUT2D eigenvalue weighted by Crippen LogP contribution is 2.16. The fraction of sp³-hybridized carbons (Fsp3) is 0.118. The molecule has 2 rings (SSSR count). The summed E-state index contributed by atoms with van der Waals surface area (Å²) in [5.41, 5.74) is 8.36. The highest BCUT2D eigenvalue weighted by atomic mass is 35.5. The molecule has 0 bridgehead atoms. The Labute approximate surface area is 129 Å². The number of hydrogen-bond donors (Lipinski definition) is 2. The lowest BCUT2D eigenvalue weighted by molar-refractivity contribution is 0.102. The second-order valence-electron chi connectivity index (χ2n) is 4.55. The van der Waals surface area contributed by atoms with Gasteiger partial charge < -0.3 is 11.1 Å². The number of aryl methyl sites for hydroxylation is 1. The predicted octanol–water partition coefficient (Wildman–Crippen LogP) is 3.21. The molecule has 0 spiro atoms. The van der Waals surface area contributed by atoms with Crippen molar-refractivity contribution in [2.75, 3.05) is 11.9 Å². The van der Waals surface area contributed by atoms with E-state index in [1.54, 1.807) is 24.3 Å². The van der Waals surface area contributed by atoms with Crippen LogP contribution in [0.3, 0.4) is 0 Å². The number of halogens is 1. The monoisotopic (exact) mass is 298 g/mol. The van der Waals surface area contributed by atoms with Crippen molar-refractivity contribution >= 4 is 23.2 Å². The van der Waals surface area contributed by atoms with E-state index in [9.17, 15) is 4.79 Å². The van der Waals surface area contributed by atoms with Crippen LogP contribution in [0.4, 0.5) is 5.69 Å². The van der Waals surface area contributed by atoms with E-state index in [-0.39, 0.29) is 5.91 Å². The van der Waals surface area contributed by atoms with Gasteiger partial charge in [0.25, 0.3) is 5.91 Å². The largest absolute Gasteiger partial charge is 0.322 e. The standard InChI is InChI=1S/C17H15ClN2O/c1-12-9-14(11-15(18)10-12)17(21)20-16-6-4-13(5-7-16)3-2-8-19/h4-7,9-11H,8,19H2,1H3,(H,20,21). The average molecular weight is 299 g/mol. The molecule has 0 radical (unpaired) electrons. The van der Waals surface area contributed by atoms with E-state index < -0.39 is 0 Å². The van der Waals surface area contributed by atoms with Crippen LogP contribution in [-0.4, -0.2) is 12.5 Å². The molecular weight excluding hydrogens is 284 g/mol. The van der Waals surface area contributed by atoms with Crippen LogP contribution in [0.2, 0.25) is 5.02 Å². The Morgan fingerprint density at radius 2 is 1.95 bits per heavy atom. The third-order valence-electron chi connectivity index (χ3n) is 2.78. The molecule has 3 nitrogen and oxygen atoms in total. The van der Waals surface area contributed by atoms with Gasteiger partial charge in [0.2, 0.25) is 0 Å². The zero-order valence-corrected chi connectivity index (χ0v) is 12.4. The van der Waals surface area contributed by atoms with Crippen LogP contribution in [0, 0.1) is 18.8 Å². The number of carbonyl (C=O) groups excluding carboxylic acids is 1. The first kappa shape index (κ1) is 15.1. The Hall–Kier alpha value is -2.28. The summed E-state index contributed by atoms with van der Waals surface area (Å²) >= 11 is 5.96. The molecule has 106 valence electrons. The Kier molecular flexibility index (Phi) is 4.99. The van der Waals surface area contributed by atoms with Crippen LogP contribution in [-0.2, 0) is 0 Å². The van der Waals surface area contributed by atoms with Crippen LogP contribution >= 0.6 is 11.6 Å². The highest BCUT2D eigenvalue weighted by Gasteiger charge is 2.07. The molecule has 1 amide bonds. The van der Waals surface area contributed by atoms with Gasteiger partial charge in [-0.25, -0.2) is 0 Å². The summed E-state index contributed by atoms with van der Waals surface area (Å²) < 4.78 is 0. The number of rotatable bonds is 2. The molecule has 2 aromatic carbocycles. The van der Waals surface area contributed by atoms with Gasteiger partial charge in [0.05, 0.1) is 6.54 Å². The second kappa shape index (κ2) is 6.94. The van der Waals surface area contributed by atoms with Gasteiger partial charge in [0.1, 0.15) is 0 Å².